The third-order valence-corrected chi connectivity index (χ3v) is 5.51. The first-order valence-corrected chi connectivity index (χ1v) is 9.51. The topological polar surface area (TPSA) is 97.5 Å². The third kappa shape index (κ3) is 3.16. The lowest BCUT2D eigenvalue weighted by atomic mass is 10.1. The molecule has 4 rings (SSSR count). The van der Waals surface area contributed by atoms with Crippen LogP contribution in [0, 0.1) is 0 Å². The fraction of sp³-hybridized carbons (Fsp3) is 0.167. The second-order valence-electron chi connectivity index (χ2n) is 5.84. The molecule has 1 aromatic heterocycles. The summed E-state index contributed by atoms with van der Waals surface area (Å²) in [6, 6.07) is 13.4. The molecular formula is C18H16N2O5S. The maximum Gasteiger partial charge on any atom is 0.252 e. The van der Waals surface area contributed by atoms with Crippen LogP contribution in [0.3, 0.4) is 0 Å². The van der Waals surface area contributed by atoms with Gasteiger partial charge in [0, 0.05) is 23.7 Å². The van der Waals surface area contributed by atoms with Gasteiger partial charge < -0.3 is 14.5 Å². The molecule has 2 aromatic carbocycles. The molecule has 1 aliphatic rings. The van der Waals surface area contributed by atoms with Crippen LogP contribution in [0.2, 0.25) is 0 Å². The molecular weight excluding hydrogens is 356 g/mol. The van der Waals surface area contributed by atoms with Crippen LogP contribution in [0.4, 0.5) is 0 Å². The van der Waals surface area contributed by atoms with E-state index in [2.05, 4.69) is 9.71 Å². The lowest BCUT2D eigenvalue weighted by Crippen LogP contribution is -2.27. The van der Waals surface area contributed by atoms with Crippen molar-refractivity contribution in [3.05, 3.63) is 64.4 Å². The average Bonchev–Trinajstić information content (AvgIpc) is 2.66. The molecule has 0 bridgehead atoms. The number of hydrogen-bond acceptors (Lipinski definition) is 5. The number of H-pyrrole nitrogens is 1. The number of para-hydroxylation sites is 1. The van der Waals surface area contributed by atoms with Crippen LogP contribution in [-0.2, 0) is 16.6 Å². The van der Waals surface area contributed by atoms with E-state index in [1.807, 2.05) is 18.2 Å². The van der Waals surface area contributed by atoms with Gasteiger partial charge in [-0.1, -0.05) is 18.2 Å². The van der Waals surface area contributed by atoms with Crippen LogP contribution in [-0.4, -0.2) is 26.6 Å². The number of nitrogens with one attached hydrogen (secondary N) is 2. The Morgan fingerprint density at radius 1 is 1.00 bits per heavy atom. The molecule has 0 amide bonds. The number of sulfonamides is 1. The van der Waals surface area contributed by atoms with Crippen molar-refractivity contribution in [1.29, 1.82) is 0 Å². The zero-order valence-corrected chi connectivity index (χ0v) is 14.5. The summed E-state index contributed by atoms with van der Waals surface area (Å²) in [5, 5.41) is 0.834. The summed E-state index contributed by atoms with van der Waals surface area (Å²) in [5.41, 5.74) is 0.717. The maximum atomic E-state index is 12.5. The Hall–Kier alpha value is -2.84. The Kier molecular flexibility index (Phi) is 4.14. The van der Waals surface area contributed by atoms with Crippen molar-refractivity contribution in [2.24, 2.45) is 0 Å². The SMILES string of the molecule is O=c1[nH]c2ccccc2cc1CNS(=O)(=O)c1ccc2c(c1)OCCO2. The van der Waals surface area contributed by atoms with Crippen molar-refractivity contribution < 1.29 is 17.9 Å². The number of benzene rings is 2. The van der Waals surface area contributed by atoms with E-state index in [9.17, 15) is 13.2 Å². The molecule has 0 radical (unpaired) electrons. The highest BCUT2D eigenvalue weighted by atomic mass is 32.2. The first-order valence-electron chi connectivity index (χ1n) is 8.03. The van der Waals surface area contributed by atoms with E-state index in [1.165, 1.54) is 12.1 Å². The van der Waals surface area contributed by atoms with Crippen LogP contribution in [0.1, 0.15) is 5.56 Å². The summed E-state index contributed by atoms with van der Waals surface area (Å²) in [4.78, 5) is 15.0. The van der Waals surface area contributed by atoms with Gasteiger partial charge in [0.25, 0.3) is 5.56 Å². The number of ether oxygens (including phenoxy) is 2. The minimum absolute atomic E-state index is 0.0546. The Balaban J connectivity index is 1.59. The molecule has 134 valence electrons. The molecule has 0 unspecified atom stereocenters. The van der Waals surface area contributed by atoms with Gasteiger partial charge in [-0.25, -0.2) is 13.1 Å². The van der Waals surface area contributed by atoms with E-state index in [4.69, 9.17) is 9.47 Å². The number of aromatic amines is 1. The Morgan fingerprint density at radius 2 is 1.77 bits per heavy atom. The molecule has 0 fully saturated rings. The average molecular weight is 372 g/mol. The van der Waals surface area contributed by atoms with E-state index in [0.717, 1.165) is 5.39 Å². The van der Waals surface area contributed by atoms with Gasteiger partial charge in [0.15, 0.2) is 11.5 Å². The summed E-state index contributed by atoms with van der Waals surface area (Å²) in [7, 11) is -3.80. The number of rotatable bonds is 4. The zero-order chi connectivity index (χ0) is 18.1. The lowest BCUT2D eigenvalue weighted by molar-refractivity contribution is 0.171. The first-order chi connectivity index (χ1) is 12.5. The van der Waals surface area contributed by atoms with Gasteiger partial charge in [0.2, 0.25) is 10.0 Å². The highest BCUT2D eigenvalue weighted by Gasteiger charge is 2.19. The van der Waals surface area contributed by atoms with Crippen LogP contribution in [0.25, 0.3) is 10.9 Å². The molecule has 7 nitrogen and oxygen atoms in total. The molecule has 0 saturated carbocycles. The summed E-state index contributed by atoms with van der Waals surface area (Å²) in [5.74, 6) is 0.906. The maximum absolute atomic E-state index is 12.5. The highest BCUT2D eigenvalue weighted by Crippen LogP contribution is 2.32. The minimum atomic E-state index is -3.80. The van der Waals surface area contributed by atoms with Crippen molar-refractivity contribution in [1.82, 2.24) is 9.71 Å². The minimum Gasteiger partial charge on any atom is -0.486 e. The second-order valence-corrected chi connectivity index (χ2v) is 7.61. The Morgan fingerprint density at radius 3 is 2.62 bits per heavy atom. The second kappa shape index (κ2) is 6.47. The van der Waals surface area contributed by atoms with Crippen molar-refractivity contribution >= 4 is 20.9 Å². The number of hydrogen-bond donors (Lipinski definition) is 2. The standard InChI is InChI=1S/C18H16N2O5S/c21-18-13(9-12-3-1-2-4-15(12)20-18)11-19-26(22,23)14-5-6-16-17(10-14)25-8-7-24-16/h1-6,9-10,19H,7-8,11H2,(H,20,21). The van der Waals surface area contributed by atoms with Gasteiger partial charge in [-0.2, -0.15) is 0 Å². The van der Waals surface area contributed by atoms with Gasteiger partial charge in [-0.05, 0) is 29.7 Å². The zero-order valence-electron chi connectivity index (χ0n) is 13.7. The Bertz CT molecular complexity index is 1140. The monoisotopic (exact) mass is 372 g/mol. The van der Waals surface area contributed by atoms with Gasteiger partial charge >= 0.3 is 0 Å². The molecule has 26 heavy (non-hydrogen) atoms. The summed E-state index contributed by atoms with van der Waals surface area (Å²) < 4.78 is 38.4. The summed E-state index contributed by atoms with van der Waals surface area (Å²) in [6.07, 6.45) is 0. The summed E-state index contributed by atoms with van der Waals surface area (Å²) >= 11 is 0. The predicted octanol–water partition coefficient (Wildman–Crippen LogP) is 1.78. The van der Waals surface area contributed by atoms with Crippen molar-refractivity contribution in [3.8, 4) is 11.5 Å². The Labute approximate surface area is 149 Å². The number of aromatic nitrogens is 1. The highest BCUT2D eigenvalue weighted by molar-refractivity contribution is 7.89. The number of fused-ring (bicyclic) bond motifs is 2. The molecule has 8 heteroatoms. The van der Waals surface area contributed by atoms with Crippen molar-refractivity contribution in [2.45, 2.75) is 11.4 Å². The van der Waals surface area contributed by atoms with Gasteiger partial charge in [-0.3, -0.25) is 4.79 Å². The van der Waals surface area contributed by atoms with E-state index in [1.54, 1.807) is 18.2 Å². The largest absolute Gasteiger partial charge is 0.486 e. The first kappa shape index (κ1) is 16.6. The fourth-order valence-corrected chi connectivity index (χ4v) is 3.79. The van der Waals surface area contributed by atoms with Crippen molar-refractivity contribution in [3.63, 3.8) is 0 Å². The van der Waals surface area contributed by atoms with Gasteiger partial charge in [-0.15, -0.1) is 0 Å². The predicted molar refractivity (Wildman–Crippen MR) is 96.0 cm³/mol. The van der Waals surface area contributed by atoms with Crippen LogP contribution in [0.15, 0.2) is 58.2 Å². The van der Waals surface area contributed by atoms with Crippen LogP contribution in [0.5, 0.6) is 11.5 Å². The van der Waals surface area contributed by atoms with E-state index < -0.39 is 10.0 Å². The molecule has 2 heterocycles. The fourth-order valence-electron chi connectivity index (χ4n) is 2.77. The molecule has 1 aliphatic heterocycles. The third-order valence-electron chi connectivity index (χ3n) is 4.11. The van der Waals surface area contributed by atoms with Crippen molar-refractivity contribution in [2.75, 3.05) is 13.2 Å². The molecule has 3 aromatic rings. The number of pyridine rings is 1. The molecule has 0 spiro atoms. The van der Waals surface area contributed by atoms with E-state index in [0.29, 0.717) is 35.8 Å². The summed E-state index contributed by atoms with van der Waals surface area (Å²) in [6.45, 7) is 0.690. The smallest absolute Gasteiger partial charge is 0.252 e. The lowest BCUT2D eigenvalue weighted by Gasteiger charge is -2.18. The van der Waals surface area contributed by atoms with E-state index in [-0.39, 0.29) is 17.0 Å². The molecule has 0 aliphatic carbocycles. The molecule has 0 saturated heterocycles. The quantitative estimate of drug-likeness (QED) is 0.728. The van der Waals surface area contributed by atoms with E-state index >= 15 is 0 Å². The molecule has 2 N–H and O–H groups in total. The van der Waals surface area contributed by atoms with Gasteiger partial charge in [0.1, 0.15) is 13.2 Å². The van der Waals surface area contributed by atoms with Gasteiger partial charge in [0.05, 0.1) is 4.90 Å². The van der Waals surface area contributed by atoms with Crippen LogP contribution < -0.4 is 19.8 Å². The normalized spacial score (nSPS) is 13.7. The van der Waals surface area contributed by atoms with Crippen LogP contribution >= 0.6 is 0 Å². The molecule has 0 atom stereocenters.